The minimum absolute atomic E-state index is 0. The van der Waals surface area contributed by atoms with Gasteiger partial charge in [0.1, 0.15) is 5.82 Å². The SMILES string of the molecule is CCC(C)[C@@H](c1c(F)ccc(C)c1Cl)N1CCNCC1.Cl.Cl. The fourth-order valence-electron chi connectivity index (χ4n) is 2.96. The normalized spacial score (nSPS) is 18.0. The zero-order chi connectivity index (χ0) is 14.7. The first kappa shape index (κ1) is 21.9. The Morgan fingerprint density at radius 3 is 2.41 bits per heavy atom. The van der Waals surface area contributed by atoms with Crippen LogP contribution in [0.1, 0.15) is 37.4 Å². The molecule has 0 radical (unpaired) electrons. The molecule has 1 aliphatic rings. The molecule has 2 nitrogen and oxygen atoms in total. The molecule has 1 aromatic carbocycles. The van der Waals surface area contributed by atoms with Crippen LogP contribution in [0, 0.1) is 18.7 Å². The summed E-state index contributed by atoms with van der Waals surface area (Å²) in [6.07, 6.45) is 1.01. The van der Waals surface area contributed by atoms with Gasteiger partial charge in [-0.2, -0.15) is 0 Å². The van der Waals surface area contributed by atoms with Crippen LogP contribution in [0.25, 0.3) is 0 Å². The van der Waals surface area contributed by atoms with Gasteiger partial charge in [-0.1, -0.05) is 37.9 Å². The summed E-state index contributed by atoms with van der Waals surface area (Å²) in [7, 11) is 0. The van der Waals surface area contributed by atoms with Crippen molar-refractivity contribution in [3.05, 3.63) is 34.1 Å². The molecule has 1 unspecified atom stereocenters. The van der Waals surface area contributed by atoms with Crippen LogP contribution >= 0.6 is 36.4 Å². The van der Waals surface area contributed by atoms with Gasteiger partial charge in [-0.3, -0.25) is 4.90 Å². The van der Waals surface area contributed by atoms with Crippen LogP contribution < -0.4 is 5.32 Å². The van der Waals surface area contributed by atoms with Crippen molar-refractivity contribution in [1.29, 1.82) is 0 Å². The lowest BCUT2D eigenvalue weighted by Crippen LogP contribution is -2.46. The van der Waals surface area contributed by atoms with Gasteiger partial charge in [0.25, 0.3) is 0 Å². The Labute approximate surface area is 150 Å². The van der Waals surface area contributed by atoms with Crippen molar-refractivity contribution in [3.8, 4) is 0 Å². The molecule has 0 saturated carbocycles. The van der Waals surface area contributed by atoms with E-state index in [0.717, 1.165) is 38.2 Å². The summed E-state index contributed by atoms with van der Waals surface area (Å²) in [5.74, 6) is 0.200. The molecule has 2 atom stereocenters. The Kier molecular flexibility index (Phi) is 9.91. The van der Waals surface area contributed by atoms with E-state index in [9.17, 15) is 4.39 Å². The van der Waals surface area contributed by atoms with Gasteiger partial charge in [-0.25, -0.2) is 4.39 Å². The number of rotatable bonds is 4. The first-order valence-electron chi connectivity index (χ1n) is 7.45. The Morgan fingerprint density at radius 2 is 1.86 bits per heavy atom. The van der Waals surface area contributed by atoms with Crippen LogP contribution in [-0.4, -0.2) is 31.1 Å². The van der Waals surface area contributed by atoms with Gasteiger partial charge in [0.05, 0.1) is 5.02 Å². The number of halogens is 4. The topological polar surface area (TPSA) is 15.3 Å². The average Bonchev–Trinajstić information content (AvgIpc) is 2.48. The average molecular weight is 372 g/mol. The highest BCUT2D eigenvalue weighted by Gasteiger charge is 2.30. The van der Waals surface area contributed by atoms with Crippen molar-refractivity contribution in [2.75, 3.05) is 26.2 Å². The van der Waals surface area contributed by atoms with E-state index in [4.69, 9.17) is 11.6 Å². The maximum absolute atomic E-state index is 14.4. The molecule has 1 aliphatic heterocycles. The first-order valence-corrected chi connectivity index (χ1v) is 7.83. The quantitative estimate of drug-likeness (QED) is 0.830. The van der Waals surface area contributed by atoms with E-state index in [2.05, 4.69) is 24.1 Å². The number of hydrogen-bond donors (Lipinski definition) is 1. The molecule has 22 heavy (non-hydrogen) atoms. The van der Waals surface area contributed by atoms with E-state index in [1.165, 1.54) is 0 Å². The molecular weight excluding hydrogens is 346 g/mol. The molecule has 1 heterocycles. The predicted octanol–water partition coefficient (Wildman–Crippen LogP) is 4.62. The molecule has 2 rings (SSSR count). The number of nitrogens with zero attached hydrogens (tertiary/aromatic N) is 1. The molecule has 0 bridgehead atoms. The lowest BCUT2D eigenvalue weighted by atomic mass is 9.89. The highest BCUT2D eigenvalue weighted by atomic mass is 35.5. The third-order valence-electron chi connectivity index (χ3n) is 4.34. The minimum atomic E-state index is -0.176. The van der Waals surface area contributed by atoms with E-state index in [1.54, 1.807) is 12.1 Å². The van der Waals surface area contributed by atoms with E-state index in [-0.39, 0.29) is 36.7 Å². The van der Waals surface area contributed by atoms with Crippen molar-refractivity contribution in [2.45, 2.75) is 33.2 Å². The summed E-state index contributed by atoms with van der Waals surface area (Å²) < 4.78 is 14.4. The van der Waals surface area contributed by atoms with Crippen LogP contribution in [-0.2, 0) is 0 Å². The number of piperazine rings is 1. The Morgan fingerprint density at radius 1 is 1.27 bits per heavy atom. The summed E-state index contributed by atoms with van der Waals surface area (Å²) >= 11 is 6.43. The maximum atomic E-state index is 14.4. The second-order valence-electron chi connectivity index (χ2n) is 5.71. The number of nitrogens with one attached hydrogen (secondary N) is 1. The molecule has 0 amide bonds. The zero-order valence-corrected chi connectivity index (χ0v) is 15.8. The first-order chi connectivity index (χ1) is 9.56. The zero-order valence-electron chi connectivity index (χ0n) is 13.4. The van der Waals surface area contributed by atoms with E-state index in [1.807, 2.05) is 6.92 Å². The van der Waals surface area contributed by atoms with E-state index in [0.29, 0.717) is 16.5 Å². The summed E-state index contributed by atoms with van der Waals surface area (Å²) in [5.41, 5.74) is 1.63. The summed E-state index contributed by atoms with van der Waals surface area (Å²) in [4.78, 5) is 2.37. The predicted molar refractivity (Wildman–Crippen MR) is 97.3 cm³/mol. The fraction of sp³-hybridized carbons (Fsp3) is 0.625. The third-order valence-corrected chi connectivity index (χ3v) is 4.85. The number of benzene rings is 1. The lowest BCUT2D eigenvalue weighted by molar-refractivity contribution is 0.125. The van der Waals surface area contributed by atoms with Crippen LogP contribution in [0.5, 0.6) is 0 Å². The lowest BCUT2D eigenvalue weighted by Gasteiger charge is -2.39. The van der Waals surface area contributed by atoms with Gasteiger partial charge in [0, 0.05) is 37.8 Å². The maximum Gasteiger partial charge on any atom is 0.129 e. The summed E-state index contributed by atoms with van der Waals surface area (Å²) in [6.45, 7) is 10.1. The monoisotopic (exact) mass is 370 g/mol. The molecular formula is C16H26Cl3FN2. The molecule has 1 fully saturated rings. The van der Waals surface area contributed by atoms with Crippen LogP contribution in [0.2, 0.25) is 5.02 Å². The molecule has 1 saturated heterocycles. The molecule has 128 valence electrons. The van der Waals surface area contributed by atoms with Gasteiger partial charge in [-0.15, -0.1) is 24.8 Å². The van der Waals surface area contributed by atoms with Gasteiger partial charge in [0.2, 0.25) is 0 Å². The molecule has 0 aromatic heterocycles. The largest absolute Gasteiger partial charge is 0.314 e. The van der Waals surface area contributed by atoms with Crippen molar-refractivity contribution in [1.82, 2.24) is 10.2 Å². The van der Waals surface area contributed by atoms with Crippen LogP contribution in [0.15, 0.2) is 12.1 Å². The highest BCUT2D eigenvalue weighted by molar-refractivity contribution is 6.32. The fourth-order valence-corrected chi connectivity index (χ4v) is 3.23. The minimum Gasteiger partial charge on any atom is -0.314 e. The van der Waals surface area contributed by atoms with E-state index >= 15 is 0 Å². The summed E-state index contributed by atoms with van der Waals surface area (Å²) in [5, 5.41) is 3.94. The Balaban J connectivity index is 0.00000220. The van der Waals surface area contributed by atoms with Crippen molar-refractivity contribution >= 4 is 36.4 Å². The summed E-state index contributed by atoms with van der Waals surface area (Å²) in [6, 6.07) is 3.37. The van der Waals surface area contributed by atoms with Gasteiger partial charge >= 0.3 is 0 Å². The standard InChI is InChI=1S/C16H24ClFN2.2ClH/c1-4-11(2)16(20-9-7-19-8-10-20)14-13(18)6-5-12(3)15(14)17;;/h5-6,11,16,19H,4,7-10H2,1-3H3;2*1H/t11?,16-;;/m0../s1. The second-order valence-corrected chi connectivity index (χ2v) is 6.09. The smallest absolute Gasteiger partial charge is 0.129 e. The third kappa shape index (κ3) is 4.72. The van der Waals surface area contributed by atoms with Crippen molar-refractivity contribution in [3.63, 3.8) is 0 Å². The Hall–Kier alpha value is -0.0600. The van der Waals surface area contributed by atoms with Gasteiger partial charge in [-0.05, 0) is 24.5 Å². The van der Waals surface area contributed by atoms with Crippen LogP contribution in [0.3, 0.4) is 0 Å². The van der Waals surface area contributed by atoms with E-state index < -0.39 is 0 Å². The molecule has 6 heteroatoms. The molecule has 1 aromatic rings. The van der Waals surface area contributed by atoms with Crippen molar-refractivity contribution < 1.29 is 4.39 Å². The number of hydrogen-bond acceptors (Lipinski definition) is 2. The highest BCUT2D eigenvalue weighted by Crippen LogP contribution is 2.38. The molecule has 0 spiro atoms. The van der Waals surface area contributed by atoms with Gasteiger partial charge < -0.3 is 5.32 Å². The molecule has 0 aliphatic carbocycles. The number of aryl methyl sites for hydroxylation is 1. The second kappa shape index (κ2) is 9.94. The molecule has 1 N–H and O–H groups in total. The van der Waals surface area contributed by atoms with Crippen LogP contribution in [0.4, 0.5) is 4.39 Å². The van der Waals surface area contributed by atoms with Crippen molar-refractivity contribution in [2.24, 2.45) is 5.92 Å². The van der Waals surface area contributed by atoms with Gasteiger partial charge in [0.15, 0.2) is 0 Å². The Bertz CT molecular complexity index is 465.